The molecule has 0 unspecified atom stereocenters. The van der Waals surface area contributed by atoms with Crippen LogP contribution in [0.3, 0.4) is 0 Å². The van der Waals surface area contributed by atoms with Crippen LogP contribution in [0.1, 0.15) is 6.42 Å². The van der Waals surface area contributed by atoms with E-state index in [2.05, 4.69) is 9.97 Å². The van der Waals surface area contributed by atoms with Crippen molar-refractivity contribution in [1.29, 1.82) is 0 Å². The van der Waals surface area contributed by atoms with Gasteiger partial charge >= 0.3 is 13.3 Å². The molecule has 6 nitrogen and oxygen atoms in total. The average molecular weight is 175 g/mol. The molecule has 0 aliphatic carbocycles. The van der Waals surface area contributed by atoms with Crippen LogP contribution in [0.4, 0.5) is 0 Å². The molecule has 0 spiro atoms. The van der Waals surface area contributed by atoms with Crippen LogP contribution in [-0.2, 0) is 9.45 Å². The summed E-state index contributed by atoms with van der Waals surface area (Å²) in [6.45, 7) is 0.328. The van der Waals surface area contributed by atoms with Crippen LogP contribution in [0.15, 0.2) is 0 Å². The quantitative estimate of drug-likeness (QED) is 0.363. The predicted octanol–water partition coefficient (Wildman–Crippen LogP) is -2.21. The first-order chi connectivity index (χ1) is 5.59. The highest BCUT2D eigenvalue weighted by molar-refractivity contribution is 6.32. The molecule has 1 fully saturated rings. The Bertz CT molecular complexity index is 175. The van der Waals surface area contributed by atoms with Gasteiger partial charge in [0.25, 0.3) is 0 Å². The fourth-order valence-electron chi connectivity index (χ4n) is 1.17. The second kappa shape index (κ2) is 3.86. The van der Waals surface area contributed by atoms with Crippen molar-refractivity contribution in [3.8, 4) is 0 Å². The van der Waals surface area contributed by atoms with Crippen LogP contribution in [-0.4, -0.2) is 47.1 Å². The van der Waals surface area contributed by atoms with Gasteiger partial charge in [0, 0.05) is 6.54 Å². The van der Waals surface area contributed by atoms with Crippen molar-refractivity contribution in [2.75, 3.05) is 6.54 Å². The van der Waals surface area contributed by atoms with Gasteiger partial charge in [-0.3, -0.25) is 4.79 Å². The van der Waals surface area contributed by atoms with Gasteiger partial charge in [-0.05, 0) is 6.42 Å². The molecule has 2 atom stereocenters. The Hall–Kier alpha value is -0.625. The lowest BCUT2D eigenvalue weighted by Crippen LogP contribution is -2.30. The third-order valence-corrected chi connectivity index (χ3v) is 1.70. The van der Waals surface area contributed by atoms with Gasteiger partial charge in [-0.1, -0.05) is 0 Å². The van der Waals surface area contributed by atoms with E-state index in [-0.39, 0.29) is 6.42 Å². The topological polar surface area (TPSA) is 99.0 Å². The van der Waals surface area contributed by atoms with Gasteiger partial charge in [-0.2, -0.15) is 0 Å². The zero-order valence-corrected chi connectivity index (χ0v) is 6.30. The number of aliphatic carboxylic acids is 1. The fraction of sp³-hybridized carbons (Fsp3) is 0.800. The van der Waals surface area contributed by atoms with E-state index in [0.717, 1.165) is 0 Å². The van der Waals surface area contributed by atoms with Gasteiger partial charge < -0.3 is 25.1 Å². The van der Waals surface area contributed by atoms with Crippen molar-refractivity contribution in [3.63, 3.8) is 0 Å². The van der Waals surface area contributed by atoms with Gasteiger partial charge in [0.2, 0.25) is 0 Å². The third kappa shape index (κ3) is 2.45. The summed E-state index contributed by atoms with van der Waals surface area (Å²) in [7, 11) is -1.83. The Morgan fingerprint density at radius 1 is 1.58 bits per heavy atom. The van der Waals surface area contributed by atoms with Crippen LogP contribution >= 0.6 is 0 Å². The predicted molar refractivity (Wildman–Crippen MR) is 39.1 cm³/mol. The Labute approximate surface area is 69.3 Å². The van der Waals surface area contributed by atoms with E-state index in [9.17, 15) is 4.79 Å². The number of hydrogen-bond acceptors (Lipinski definition) is 5. The summed E-state index contributed by atoms with van der Waals surface area (Å²) < 4.78 is 4.58. The van der Waals surface area contributed by atoms with Gasteiger partial charge in [-0.15, -0.1) is 0 Å². The molecule has 0 saturated carbocycles. The monoisotopic (exact) mass is 175 g/mol. The van der Waals surface area contributed by atoms with E-state index in [1.54, 1.807) is 0 Å². The van der Waals surface area contributed by atoms with Crippen LogP contribution < -0.4 is 5.32 Å². The molecule has 0 amide bonds. The molecule has 1 rings (SSSR count). The van der Waals surface area contributed by atoms with E-state index in [1.807, 2.05) is 0 Å². The molecule has 1 aliphatic heterocycles. The molecule has 1 saturated heterocycles. The first-order valence-electron chi connectivity index (χ1n) is 3.57. The molecule has 0 aromatic heterocycles. The summed E-state index contributed by atoms with van der Waals surface area (Å²) in [4.78, 5) is 10.4. The van der Waals surface area contributed by atoms with Crippen LogP contribution in [0.25, 0.3) is 0 Å². The summed E-state index contributed by atoms with van der Waals surface area (Å²) in [6, 6.07) is -0.645. The first kappa shape index (κ1) is 9.46. The van der Waals surface area contributed by atoms with E-state index in [4.69, 9.17) is 15.2 Å². The maximum atomic E-state index is 10.4. The number of carboxylic acid groups (broad SMARTS) is 1. The largest absolute Gasteiger partial charge is 0.634 e. The minimum Gasteiger partial charge on any atom is -0.480 e. The standard InChI is InChI=1S/C5H10BNO5/c8-5(9)4-1-3(2-7-4)12-6(10)11/h3-4,7,10-11H,1-2H2,(H,8,9)/t3-,4+/m1/s1. The number of hydrogen-bond donors (Lipinski definition) is 4. The third-order valence-electron chi connectivity index (χ3n) is 1.70. The molecule has 0 aromatic rings. The molecule has 0 bridgehead atoms. The Morgan fingerprint density at radius 3 is 2.67 bits per heavy atom. The molecule has 7 heteroatoms. The second-order valence-corrected chi connectivity index (χ2v) is 2.62. The van der Waals surface area contributed by atoms with E-state index in [1.165, 1.54) is 0 Å². The van der Waals surface area contributed by atoms with Crippen molar-refractivity contribution in [2.24, 2.45) is 0 Å². The highest BCUT2D eigenvalue weighted by Gasteiger charge is 2.31. The minimum atomic E-state index is -1.83. The summed E-state index contributed by atoms with van der Waals surface area (Å²) in [6.07, 6.45) is -0.182. The number of nitrogens with one attached hydrogen (secondary N) is 1. The molecule has 1 heterocycles. The minimum absolute atomic E-state index is 0.257. The maximum Gasteiger partial charge on any atom is 0.634 e. The molecule has 1 aliphatic rings. The fourth-order valence-corrected chi connectivity index (χ4v) is 1.17. The molecule has 4 N–H and O–H groups in total. The van der Waals surface area contributed by atoms with Crippen molar-refractivity contribution in [3.05, 3.63) is 0 Å². The summed E-state index contributed by atoms with van der Waals surface area (Å²) in [5.41, 5.74) is 0. The molecule has 0 aromatic carbocycles. The molecule has 0 radical (unpaired) electrons. The molecule has 12 heavy (non-hydrogen) atoms. The Morgan fingerprint density at radius 2 is 2.25 bits per heavy atom. The van der Waals surface area contributed by atoms with E-state index >= 15 is 0 Å². The van der Waals surface area contributed by atoms with E-state index in [0.29, 0.717) is 6.54 Å². The highest BCUT2D eigenvalue weighted by Crippen LogP contribution is 2.10. The first-order valence-corrected chi connectivity index (χ1v) is 3.57. The SMILES string of the molecule is O=C(O)[C@@H]1C[C@@H](OB(O)O)CN1. The van der Waals surface area contributed by atoms with Crippen LogP contribution in [0, 0.1) is 0 Å². The summed E-state index contributed by atoms with van der Waals surface area (Å²) in [5, 5.41) is 28.0. The van der Waals surface area contributed by atoms with Crippen molar-refractivity contribution in [1.82, 2.24) is 5.32 Å². The van der Waals surface area contributed by atoms with Gasteiger partial charge in [0.1, 0.15) is 6.04 Å². The lowest BCUT2D eigenvalue weighted by atomic mass is 10.1. The lowest BCUT2D eigenvalue weighted by molar-refractivity contribution is -0.139. The Balaban J connectivity index is 2.30. The van der Waals surface area contributed by atoms with Crippen molar-refractivity contribution >= 4 is 13.3 Å². The highest BCUT2D eigenvalue weighted by atomic mass is 16.6. The van der Waals surface area contributed by atoms with E-state index < -0.39 is 25.4 Å². The lowest BCUT2D eigenvalue weighted by Gasteiger charge is -2.08. The second-order valence-electron chi connectivity index (χ2n) is 2.62. The molecular formula is C5H10BNO5. The average Bonchev–Trinajstić information content (AvgIpc) is 2.34. The Kier molecular flexibility index (Phi) is 3.04. The summed E-state index contributed by atoms with van der Waals surface area (Å²) >= 11 is 0. The summed E-state index contributed by atoms with van der Waals surface area (Å²) in [5.74, 6) is -0.950. The van der Waals surface area contributed by atoms with Crippen LogP contribution in [0.2, 0.25) is 0 Å². The zero-order valence-electron chi connectivity index (χ0n) is 6.30. The maximum absolute atomic E-state index is 10.4. The molecule has 68 valence electrons. The number of rotatable bonds is 3. The van der Waals surface area contributed by atoms with Gasteiger partial charge in [0.15, 0.2) is 0 Å². The van der Waals surface area contributed by atoms with Crippen molar-refractivity contribution < 1.29 is 24.6 Å². The number of carbonyl (C=O) groups is 1. The van der Waals surface area contributed by atoms with Gasteiger partial charge in [0.05, 0.1) is 6.10 Å². The zero-order chi connectivity index (χ0) is 9.14. The van der Waals surface area contributed by atoms with Crippen molar-refractivity contribution in [2.45, 2.75) is 18.6 Å². The molecular weight excluding hydrogens is 165 g/mol. The van der Waals surface area contributed by atoms with Crippen LogP contribution in [0.5, 0.6) is 0 Å². The smallest absolute Gasteiger partial charge is 0.480 e. The normalized spacial score (nSPS) is 28.8. The van der Waals surface area contributed by atoms with Gasteiger partial charge in [-0.25, -0.2) is 0 Å². The number of carboxylic acids is 1.